The van der Waals surface area contributed by atoms with Gasteiger partial charge in [0.25, 0.3) is 0 Å². The highest BCUT2D eigenvalue weighted by Gasteiger charge is 2.42. The Morgan fingerprint density at radius 3 is 1.93 bits per heavy atom. The van der Waals surface area contributed by atoms with E-state index in [1.165, 1.54) is 29.4 Å². The van der Waals surface area contributed by atoms with Crippen LogP contribution in [-0.4, -0.2) is 114 Å². The fourth-order valence-electron chi connectivity index (χ4n) is 4.87. The molecule has 4 rings (SSSR count). The fourth-order valence-corrected chi connectivity index (χ4v) is 5.87. The van der Waals surface area contributed by atoms with E-state index in [1.807, 2.05) is 23.6 Å². The van der Waals surface area contributed by atoms with E-state index < -0.39 is 31.3 Å². The van der Waals surface area contributed by atoms with Gasteiger partial charge in [0.05, 0.1) is 29.6 Å². The van der Waals surface area contributed by atoms with Crippen LogP contribution in [0.5, 0.6) is 0 Å². The fraction of sp³-hybridized carbons (Fsp3) is 0.593. The first kappa shape index (κ1) is 37.5. The highest BCUT2D eigenvalue weighted by Crippen LogP contribution is 2.30. The van der Waals surface area contributed by atoms with E-state index in [2.05, 4.69) is 36.1 Å². The number of amides is 1. The van der Waals surface area contributed by atoms with E-state index in [0.717, 1.165) is 24.5 Å². The Kier molecular flexibility index (Phi) is 13.4. The predicted octanol–water partition coefficient (Wildman–Crippen LogP) is 2.44. The number of anilines is 2. The zero-order valence-electron chi connectivity index (χ0n) is 26.2. The third kappa shape index (κ3) is 10.7. The number of nitrogens with one attached hydrogen (secondary N) is 1. The predicted molar refractivity (Wildman–Crippen MR) is 174 cm³/mol. The van der Waals surface area contributed by atoms with Gasteiger partial charge in [0.2, 0.25) is 0 Å². The van der Waals surface area contributed by atoms with Crippen LogP contribution < -0.4 is 15.1 Å². The standard InChI is InChI=1S/C17H28N4O5Si.C10H14N4O3.ClH/c1-16(2,3)27-26-17(4,5)13-11-19(8-9-20(13)15(22)23)12-6-7-14(18-10-12)21(24)25;15-7-8-6-13(4-3-11-8)9-1-2-10(12-5-9)14(16)17;/h6-7,10,13H,8-9,11,27H2,1-5H3,(H,22,23);1-2,5,8,11,15H,3-4,6-7H2;1H/t13-;8-;/m11./s1. The van der Waals surface area contributed by atoms with Gasteiger partial charge >= 0.3 is 17.7 Å². The monoisotopic (exact) mass is 670 g/mol. The second-order valence-corrected chi connectivity index (χ2v) is 15.1. The van der Waals surface area contributed by atoms with E-state index >= 15 is 0 Å². The van der Waals surface area contributed by atoms with Crippen LogP contribution in [0.15, 0.2) is 36.7 Å². The van der Waals surface area contributed by atoms with Crippen molar-refractivity contribution in [1.29, 1.82) is 0 Å². The molecule has 2 aromatic rings. The van der Waals surface area contributed by atoms with E-state index in [9.17, 15) is 30.1 Å². The molecular weight excluding hydrogens is 628 g/mol. The van der Waals surface area contributed by atoms with Gasteiger partial charge < -0.3 is 50.0 Å². The van der Waals surface area contributed by atoms with E-state index in [0.29, 0.717) is 26.2 Å². The minimum atomic E-state index is -0.962. The molecule has 250 valence electrons. The van der Waals surface area contributed by atoms with Crippen molar-refractivity contribution in [2.24, 2.45) is 0 Å². The van der Waals surface area contributed by atoms with E-state index in [-0.39, 0.29) is 47.8 Å². The Balaban J connectivity index is 0.000000337. The summed E-state index contributed by atoms with van der Waals surface area (Å²) in [7, 11) is -0.866. The lowest BCUT2D eigenvalue weighted by Crippen LogP contribution is -2.63. The molecule has 2 aromatic heterocycles. The first-order valence-electron chi connectivity index (χ1n) is 14.3. The van der Waals surface area contributed by atoms with Crippen LogP contribution in [-0.2, 0) is 4.43 Å². The number of carbonyl (C=O) groups is 1. The van der Waals surface area contributed by atoms with Crippen LogP contribution >= 0.6 is 12.4 Å². The first-order chi connectivity index (χ1) is 20.6. The zero-order valence-corrected chi connectivity index (χ0v) is 28.4. The molecule has 0 bridgehead atoms. The van der Waals surface area contributed by atoms with Gasteiger partial charge in [-0.25, -0.2) is 4.79 Å². The molecule has 2 aliphatic rings. The largest absolute Gasteiger partial charge is 0.465 e. The van der Waals surface area contributed by atoms with Crippen molar-refractivity contribution < 1.29 is 29.3 Å². The third-order valence-corrected chi connectivity index (χ3v) is 9.10. The van der Waals surface area contributed by atoms with Gasteiger partial charge in [-0.1, -0.05) is 20.8 Å². The SMILES string of the molecule is CC(C)(C)[SiH2]OC(C)(C)[C@H]1CN(c2ccc([N+](=O)[O-])nc2)CCN1C(=O)O.Cl.O=[N+]([O-])c1ccc(N2CCN[C@@H](CO)C2)cn1. The molecule has 2 saturated heterocycles. The summed E-state index contributed by atoms with van der Waals surface area (Å²) in [6, 6.07) is 5.78. The number of rotatable bonds is 8. The average molecular weight is 671 g/mol. The number of piperazine rings is 2. The number of hydrogen-bond donors (Lipinski definition) is 3. The Bertz CT molecular complexity index is 1280. The number of aliphatic hydroxyl groups excluding tert-OH is 1. The average Bonchev–Trinajstić information content (AvgIpc) is 3.00. The van der Waals surface area contributed by atoms with E-state index in [1.54, 1.807) is 12.1 Å². The summed E-state index contributed by atoms with van der Waals surface area (Å²) >= 11 is 0. The van der Waals surface area contributed by atoms with Gasteiger partial charge in [-0.2, -0.15) is 0 Å². The molecule has 2 atom stereocenters. The Morgan fingerprint density at radius 1 is 0.978 bits per heavy atom. The van der Waals surface area contributed by atoms with Crippen LogP contribution in [0.1, 0.15) is 34.6 Å². The Hall–Kier alpha value is -3.64. The lowest BCUT2D eigenvalue weighted by Gasteiger charge is -2.48. The number of aromatic nitrogens is 2. The molecule has 0 aliphatic carbocycles. The maximum Gasteiger partial charge on any atom is 0.407 e. The van der Waals surface area contributed by atoms with Gasteiger partial charge in [0.1, 0.15) is 0 Å². The molecule has 45 heavy (non-hydrogen) atoms. The van der Waals surface area contributed by atoms with Crippen molar-refractivity contribution in [3.63, 3.8) is 0 Å². The van der Waals surface area contributed by atoms with Crippen molar-refractivity contribution in [3.8, 4) is 0 Å². The third-order valence-electron chi connectivity index (χ3n) is 7.35. The molecule has 0 saturated carbocycles. The minimum absolute atomic E-state index is 0. The molecule has 2 aliphatic heterocycles. The van der Waals surface area contributed by atoms with Crippen LogP contribution in [0, 0.1) is 20.2 Å². The minimum Gasteiger partial charge on any atom is -0.465 e. The molecule has 16 nitrogen and oxygen atoms in total. The number of nitro groups is 2. The second-order valence-electron chi connectivity index (χ2n) is 12.4. The first-order valence-corrected chi connectivity index (χ1v) is 15.6. The molecule has 4 heterocycles. The van der Waals surface area contributed by atoms with Crippen molar-refractivity contribution in [2.45, 2.75) is 57.3 Å². The maximum atomic E-state index is 11.8. The van der Waals surface area contributed by atoms with Gasteiger partial charge in [0.15, 0.2) is 22.2 Å². The molecule has 1 amide bonds. The summed E-state index contributed by atoms with van der Waals surface area (Å²) in [4.78, 5) is 45.1. The van der Waals surface area contributed by atoms with Crippen molar-refractivity contribution in [1.82, 2.24) is 20.2 Å². The lowest BCUT2D eigenvalue weighted by molar-refractivity contribution is -0.389. The lowest BCUT2D eigenvalue weighted by atomic mass is 9.95. The van der Waals surface area contributed by atoms with E-state index in [4.69, 9.17) is 9.53 Å². The van der Waals surface area contributed by atoms with Crippen molar-refractivity contribution in [3.05, 3.63) is 56.9 Å². The molecular formula is C27H43ClN8O8Si. The van der Waals surface area contributed by atoms with Crippen molar-refractivity contribution >= 4 is 51.3 Å². The smallest absolute Gasteiger partial charge is 0.407 e. The van der Waals surface area contributed by atoms with Crippen LogP contribution in [0.4, 0.5) is 27.8 Å². The maximum absolute atomic E-state index is 11.8. The summed E-state index contributed by atoms with van der Waals surface area (Å²) in [5.41, 5.74) is 0.945. The van der Waals surface area contributed by atoms with Crippen LogP contribution in [0.2, 0.25) is 5.04 Å². The van der Waals surface area contributed by atoms with Crippen LogP contribution in [0.25, 0.3) is 0 Å². The number of pyridine rings is 2. The number of carboxylic acid groups (broad SMARTS) is 1. The zero-order chi connectivity index (χ0) is 32.7. The molecule has 0 unspecified atom stereocenters. The normalized spacial score (nSPS) is 19.0. The van der Waals surface area contributed by atoms with Gasteiger partial charge in [0, 0.05) is 57.4 Å². The summed E-state index contributed by atoms with van der Waals surface area (Å²) < 4.78 is 6.25. The molecule has 0 radical (unpaired) electrons. The number of nitrogens with zero attached hydrogens (tertiary/aromatic N) is 7. The number of hydrogen-bond acceptors (Lipinski definition) is 12. The summed E-state index contributed by atoms with van der Waals surface area (Å²) in [6.45, 7) is 13.9. The molecule has 18 heteroatoms. The quantitative estimate of drug-likeness (QED) is 0.210. The Morgan fingerprint density at radius 2 is 1.51 bits per heavy atom. The molecule has 3 N–H and O–H groups in total. The summed E-state index contributed by atoms with van der Waals surface area (Å²) in [6.07, 6.45) is 2.00. The van der Waals surface area contributed by atoms with Crippen LogP contribution in [0.3, 0.4) is 0 Å². The topological polar surface area (TPSA) is 201 Å². The molecule has 0 aromatic carbocycles. The summed E-state index contributed by atoms with van der Waals surface area (Å²) in [5, 5.41) is 43.2. The summed E-state index contributed by atoms with van der Waals surface area (Å²) in [5.74, 6) is -0.359. The number of aliphatic hydroxyl groups is 1. The van der Waals surface area contributed by atoms with Crippen molar-refractivity contribution in [2.75, 3.05) is 55.7 Å². The second kappa shape index (κ2) is 16.1. The highest BCUT2D eigenvalue weighted by molar-refractivity contribution is 6.31. The number of halogens is 1. The molecule has 2 fully saturated rings. The van der Waals surface area contributed by atoms with Gasteiger partial charge in [-0.3, -0.25) is 4.90 Å². The Labute approximate surface area is 270 Å². The van der Waals surface area contributed by atoms with Gasteiger partial charge in [-0.05, 0) is 50.8 Å². The highest BCUT2D eigenvalue weighted by atomic mass is 35.5. The molecule has 0 spiro atoms. The van der Waals surface area contributed by atoms with Gasteiger partial charge in [-0.15, -0.1) is 12.4 Å².